The number of rotatable bonds is 4. The van der Waals surface area contributed by atoms with Crippen molar-refractivity contribution in [2.24, 2.45) is 5.73 Å². The molecule has 0 saturated carbocycles. The molecule has 3 rings (SSSR count). The van der Waals surface area contributed by atoms with Crippen molar-refractivity contribution in [2.75, 3.05) is 13.1 Å². The van der Waals surface area contributed by atoms with Gasteiger partial charge < -0.3 is 15.1 Å². The van der Waals surface area contributed by atoms with E-state index >= 15 is 0 Å². The molecule has 1 fully saturated rings. The van der Waals surface area contributed by atoms with Gasteiger partial charge in [-0.05, 0) is 18.6 Å². The Kier molecular flexibility index (Phi) is 8.03. The molecule has 1 aliphatic rings. The Balaban J connectivity index is 0.00000144. The topological polar surface area (TPSA) is 72.4 Å². The van der Waals surface area contributed by atoms with Crippen LogP contribution in [0.2, 0.25) is 5.02 Å². The summed E-state index contributed by atoms with van der Waals surface area (Å²) in [5.41, 5.74) is 6.62. The van der Waals surface area contributed by atoms with E-state index in [0.29, 0.717) is 36.1 Å². The van der Waals surface area contributed by atoms with Crippen molar-refractivity contribution in [1.82, 2.24) is 9.88 Å². The molecule has 0 radical (unpaired) electrons. The summed E-state index contributed by atoms with van der Waals surface area (Å²) in [7, 11) is 0. The molecule has 1 aromatic carbocycles. The molecule has 8 heteroatoms. The summed E-state index contributed by atoms with van der Waals surface area (Å²) in [6.07, 6.45) is 3.39. The molecular weight excluding hydrogens is 373 g/mol. The van der Waals surface area contributed by atoms with E-state index in [2.05, 4.69) is 4.98 Å². The van der Waals surface area contributed by atoms with E-state index in [1.165, 1.54) is 0 Å². The molecule has 1 amide bonds. The minimum atomic E-state index is 0. The van der Waals surface area contributed by atoms with Gasteiger partial charge in [0, 0.05) is 37.5 Å². The normalized spacial score (nSPS) is 16.4. The highest BCUT2D eigenvalue weighted by Gasteiger charge is 2.23. The number of hydrogen-bond acceptors (Lipinski definition) is 4. The predicted octanol–water partition coefficient (Wildman–Crippen LogP) is 3.33. The lowest BCUT2D eigenvalue weighted by Crippen LogP contribution is -2.31. The number of aromatic nitrogens is 1. The number of amides is 1. The second-order valence-electron chi connectivity index (χ2n) is 5.49. The highest BCUT2D eigenvalue weighted by molar-refractivity contribution is 6.33. The molecule has 1 atom stereocenters. The van der Waals surface area contributed by atoms with E-state index in [-0.39, 0.29) is 36.8 Å². The Morgan fingerprint density at radius 1 is 1.38 bits per heavy atom. The third-order valence-corrected chi connectivity index (χ3v) is 4.15. The summed E-state index contributed by atoms with van der Waals surface area (Å²) in [5, 5.41) is 0.618. The zero-order valence-electron chi connectivity index (χ0n) is 13.0. The highest BCUT2D eigenvalue weighted by atomic mass is 35.5. The van der Waals surface area contributed by atoms with Crippen molar-refractivity contribution >= 4 is 42.3 Å². The Hall–Kier alpha value is -1.27. The van der Waals surface area contributed by atoms with Crippen molar-refractivity contribution < 1.29 is 9.21 Å². The van der Waals surface area contributed by atoms with Crippen molar-refractivity contribution in [2.45, 2.75) is 25.3 Å². The Labute approximate surface area is 158 Å². The van der Waals surface area contributed by atoms with Crippen LogP contribution in [0.15, 0.2) is 34.9 Å². The number of carbonyl (C=O) groups is 1. The molecule has 0 spiro atoms. The van der Waals surface area contributed by atoms with Gasteiger partial charge in [0.15, 0.2) is 11.7 Å². The van der Waals surface area contributed by atoms with Gasteiger partial charge in [0.1, 0.15) is 0 Å². The number of benzene rings is 1. The second-order valence-corrected chi connectivity index (χ2v) is 5.89. The third-order valence-electron chi connectivity index (χ3n) is 3.82. The molecule has 0 bridgehead atoms. The van der Waals surface area contributed by atoms with E-state index in [1.54, 1.807) is 12.3 Å². The van der Waals surface area contributed by atoms with Crippen LogP contribution in [0.1, 0.15) is 18.7 Å². The third kappa shape index (κ3) is 4.86. The number of oxazole rings is 1. The number of aryl methyl sites for hydroxylation is 1. The second kappa shape index (κ2) is 9.28. The summed E-state index contributed by atoms with van der Waals surface area (Å²) in [6, 6.07) is 7.55. The Morgan fingerprint density at radius 3 is 2.79 bits per heavy atom. The quantitative estimate of drug-likeness (QED) is 0.866. The van der Waals surface area contributed by atoms with Gasteiger partial charge in [0.05, 0.1) is 11.2 Å². The molecular formula is C16H20Cl3N3O2. The number of likely N-dealkylation sites (tertiary alicyclic amines) is 1. The van der Waals surface area contributed by atoms with Crippen LogP contribution in [0.4, 0.5) is 0 Å². The zero-order valence-corrected chi connectivity index (χ0v) is 15.4. The van der Waals surface area contributed by atoms with Gasteiger partial charge in [-0.2, -0.15) is 0 Å². The molecule has 1 saturated heterocycles. The van der Waals surface area contributed by atoms with Gasteiger partial charge in [0.2, 0.25) is 5.91 Å². The summed E-state index contributed by atoms with van der Waals surface area (Å²) in [5.74, 6) is 1.27. The van der Waals surface area contributed by atoms with Gasteiger partial charge in [-0.15, -0.1) is 24.8 Å². The summed E-state index contributed by atoms with van der Waals surface area (Å²) in [4.78, 5) is 18.1. The lowest BCUT2D eigenvalue weighted by Gasteiger charge is -2.14. The molecule has 2 N–H and O–H groups in total. The summed E-state index contributed by atoms with van der Waals surface area (Å²) in [6.45, 7) is 1.39. The summed E-state index contributed by atoms with van der Waals surface area (Å²) >= 11 is 6.13. The Bertz CT molecular complexity index is 678. The highest BCUT2D eigenvalue weighted by Crippen LogP contribution is 2.28. The zero-order chi connectivity index (χ0) is 15.5. The molecule has 0 unspecified atom stereocenters. The lowest BCUT2D eigenvalue weighted by atomic mass is 10.2. The fourth-order valence-electron chi connectivity index (χ4n) is 2.60. The van der Waals surface area contributed by atoms with Crippen LogP contribution < -0.4 is 5.73 Å². The van der Waals surface area contributed by atoms with Gasteiger partial charge in [0.25, 0.3) is 0 Å². The number of nitrogens with two attached hydrogens (primary N) is 1. The van der Waals surface area contributed by atoms with Crippen LogP contribution in [0.5, 0.6) is 0 Å². The Morgan fingerprint density at radius 2 is 2.12 bits per heavy atom. The summed E-state index contributed by atoms with van der Waals surface area (Å²) < 4.78 is 5.69. The smallest absolute Gasteiger partial charge is 0.223 e. The predicted molar refractivity (Wildman–Crippen MR) is 98.9 cm³/mol. The fourth-order valence-corrected chi connectivity index (χ4v) is 2.83. The molecule has 132 valence electrons. The van der Waals surface area contributed by atoms with Crippen molar-refractivity contribution in [3.05, 3.63) is 41.4 Å². The van der Waals surface area contributed by atoms with Crippen molar-refractivity contribution in [3.8, 4) is 11.3 Å². The minimum absolute atomic E-state index is 0. The van der Waals surface area contributed by atoms with Crippen molar-refractivity contribution in [1.29, 1.82) is 0 Å². The molecule has 24 heavy (non-hydrogen) atoms. The number of carbonyl (C=O) groups excluding carboxylic acids is 1. The standard InChI is InChI=1S/C16H18ClN3O2.2ClH/c17-13-4-2-1-3-12(13)14-9-19-15(22-14)5-6-16(21)20-8-7-11(18)10-20;;/h1-4,9,11H,5-8,10,18H2;2*1H/t11-;;/m1../s1. The molecule has 0 aliphatic carbocycles. The SMILES string of the molecule is Cl.Cl.N[C@@H]1CCN(C(=O)CCc2ncc(-c3ccccc3Cl)o2)C1. The van der Waals surface area contributed by atoms with Crippen molar-refractivity contribution in [3.63, 3.8) is 0 Å². The van der Waals surface area contributed by atoms with E-state index in [4.69, 9.17) is 21.8 Å². The van der Waals surface area contributed by atoms with E-state index in [1.807, 2.05) is 23.1 Å². The van der Waals surface area contributed by atoms with Gasteiger partial charge in [-0.25, -0.2) is 4.98 Å². The monoisotopic (exact) mass is 391 g/mol. The van der Waals surface area contributed by atoms with Crippen LogP contribution >= 0.6 is 36.4 Å². The first kappa shape index (κ1) is 20.8. The van der Waals surface area contributed by atoms with Crippen LogP contribution in [0.3, 0.4) is 0 Å². The first-order valence-corrected chi connectivity index (χ1v) is 7.74. The van der Waals surface area contributed by atoms with E-state index in [9.17, 15) is 4.79 Å². The molecule has 2 heterocycles. The maximum atomic E-state index is 12.1. The number of nitrogens with zero attached hydrogens (tertiary/aromatic N) is 2. The molecule has 1 aliphatic heterocycles. The van der Waals surface area contributed by atoms with Gasteiger partial charge in [-0.1, -0.05) is 23.7 Å². The molecule has 5 nitrogen and oxygen atoms in total. The molecule has 2 aromatic rings. The number of halogens is 3. The number of hydrogen-bond donors (Lipinski definition) is 1. The lowest BCUT2D eigenvalue weighted by molar-refractivity contribution is -0.130. The maximum absolute atomic E-state index is 12.1. The van der Waals surface area contributed by atoms with E-state index in [0.717, 1.165) is 18.5 Å². The van der Waals surface area contributed by atoms with Crippen LogP contribution in [0, 0.1) is 0 Å². The van der Waals surface area contributed by atoms with E-state index < -0.39 is 0 Å². The minimum Gasteiger partial charge on any atom is -0.441 e. The largest absolute Gasteiger partial charge is 0.441 e. The molecule has 1 aromatic heterocycles. The first-order chi connectivity index (χ1) is 10.6. The van der Waals surface area contributed by atoms with Crippen LogP contribution in [0.25, 0.3) is 11.3 Å². The van der Waals surface area contributed by atoms with Crippen LogP contribution in [-0.2, 0) is 11.2 Å². The first-order valence-electron chi connectivity index (χ1n) is 7.36. The fraction of sp³-hybridized carbons (Fsp3) is 0.375. The van der Waals surface area contributed by atoms with Crippen LogP contribution in [-0.4, -0.2) is 34.9 Å². The average Bonchev–Trinajstić information content (AvgIpc) is 3.14. The maximum Gasteiger partial charge on any atom is 0.223 e. The van der Waals surface area contributed by atoms with Gasteiger partial charge in [-0.3, -0.25) is 4.79 Å². The van der Waals surface area contributed by atoms with Gasteiger partial charge >= 0.3 is 0 Å². The average molecular weight is 393 g/mol.